The van der Waals surface area contributed by atoms with E-state index in [2.05, 4.69) is 15.2 Å². The quantitative estimate of drug-likeness (QED) is 0.274. The number of fused-ring (bicyclic) bond motifs is 1. The molecule has 0 bridgehead atoms. The minimum Gasteiger partial charge on any atom is -0.475 e. The molecule has 2 aromatic carbocycles. The monoisotopic (exact) mass is 693 g/mol. The van der Waals surface area contributed by atoms with Crippen molar-refractivity contribution in [3.63, 3.8) is 0 Å². The Morgan fingerprint density at radius 3 is 2.21 bits per heavy atom. The van der Waals surface area contributed by atoms with Crippen molar-refractivity contribution in [2.24, 2.45) is 11.8 Å². The van der Waals surface area contributed by atoms with E-state index in [9.17, 15) is 22.8 Å². The molecule has 0 saturated carbocycles. The molecule has 2 saturated heterocycles. The van der Waals surface area contributed by atoms with Crippen molar-refractivity contribution in [2.75, 3.05) is 49.5 Å². The highest BCUT2D eigenvalue weighted by molar-refractivity contribution is 6.31. The fourth-order valence-electron chi connectivity index (χ4n) is 5.92. The number of aliphatic carboxylic acids is 1. The minimum absolute atomic E-state index is 0.0992. The van der Waals surface area contributed by atoms with Crippen LogP contribution in [0.25, 0.3) is 0 Å². The number of benzene rings is 2. The number of carbonyl (C=O) groups is 3. The highest BCUT2D eigenvalue weighted by atomic mass is 35.5. The maximum Gasteiger partial charge on any atom is 0.490 e. The maximum absolute atomic E-state index is 13.3. The number of carbonyl (C=O) groups excluding carboxylic acids is 2. The molecule has 9 nitrogen and oxygen atoms in total. The Morgan fingerprint density at radius 1 is 0.979 bits per heavy atom. The summed E-state index contributed by atoms with van der Waals surface area (Å²) in [6.07, 6.45) is -2.52. The number of alkyl halides is 3. The second-order valence-corrected chi connectivity index (χ2v) is 12.6. The molecule has 0 spiro atoms. The lowest BCUT2D eigenvalue weighted by Crippen LogP contribution is -2.38. The number of anilines is 2. The number of carboxylic acid groups (broad SMARTS) is 1. The van der Waals surface area contributed by atoms with Gasteiger partial charge in [0.05, 0.1) is 11.3 Å². The van der Waals surface area contributed by atoms with Crippen molar-refractivity contribution in [1.82, 2.24) is 14.8 Å². The Hall–Kier alpha value is -3.87. The number of carboxylic acids is 1. The molecule has 2 aliphatic heterocycles. The predicted molar refractivity (Wildman–Crippen MR) is 175 cm³/mol. The summed E-state index contributed by atoms with van der Waals surface area (Å²) in [4.78, 5) is 46.0. The van der Waals surface area contributed by atoms with Gasteiger partial charge in [-0.05, 0) is 93.1 Å². The van der Waals surface area contributed by atoms with Crippen LogP contribution in [0.2, 0.25) is 10.0 Å². The zero-order chi connectivity index (χ0) is 34.5. The van der Waals surface area contributed by atoms with Crippen LogP contribution in [0.1, 0.15) is 33.6 Å². The SMILES string of the molecule is Cc1ccc(N(CCCN2CC3CN(C(=O)c4c(C)ccnc4C)CC3C2)C(=O)Nc2cccc(Cl)c2)cc1Cl.O=C(O)C(F)(F)F. The summed E-state index contributed by atoms with van der Waals surface area (Å²) in [5.74, 6) is -1.71. The van der Waals surface area contributed by atoms with Crippen LogP contribution in [0.4, 0.5) is 29.3 Å². The van der Waals surface area contributed by atoms with Crippen molar-refractivity contribution < 1.29 is 32.7 Å². The molecule has 2 aliphatic rings. The molecular weight excluding hydrogens is 658 g/mol. The summed E-state index contributed by atoms with van der Waals surface area (Å²) in [6.45, 7) is 10.7. The van der Waals surface area contributed by atoms with Gasteiger partial charge >= 0.3 is 18.2 Å². The summed E-state index contributed by atoms with van der Waals surface area (Å²) in [5, 5.41) is 11.3. The van der Waals surface area contributed by atoms with E-state index in [-0.39, 0.29) is 11.9 Å². The number of aryl methyl sites for hydroxylation is 3. The third-order valence-electron chi connectivity index (χ3n) is 8.30. The van der Waals surface area contributed by atoms with Crippen LogP contribution in [0, 0.1) is 32.6 Å². The maximum atomic E-state index is 13.3. The third-order valence-corrected chi connectivity index (χ3v) is 8.94. The Morgan fingerprint density at radius 2 is 1.64 bits per heavy atom. The van der Waals surface area contributed by atoms with Gasteiger partial charge in [0.1, 0.15) is 0 Å². The largest absolute Gasteiger partial charge is 0.490 e. The van der Waals surface area contributed by atoms with Gasteiger partial charge in [-0.3, -0.25) is 14.7 Å². The molecule has 3 aromatic rings. The van der Waals surface area contributed by atoms with E-state index in [1.165, 1.54) is 0 Å². The fourth-order valence-corrected chi connectivity index (χ4v) is 6.29. The topological polar surface area (TPSA) is 106 Å². The van der Waals surface area contributed by atoms with Crippen molar-refractivity contribution in [2.45, 2.75) is 33.4 Å². The van der Waals surface area contributed by atoms with E-state index < -0.39 is 12.1 Å². The van der Waals surface area contributed by atoms with Crippen molar-refractivity contribution >= 4 is 52.5 Å². The number of hydrogen-bond donors (Lipinski definition) is 2. The lowest BCUT2D eigenvalue weighted by atomic mass is 10.0. The smallest absolute Gasteiger partial charge is 0.475 e. The van der Waals surface area contributed by atoms with Gasteiger partial charge < -0.3 is 20.2 Å². The molecule has 5 rings (SSSR count). The molecule has 1 aromatic heterocycles. The molecular formula is C33H36Cl2F3N5O4. The van der Waals surface area contributed by atoms with Crippen LogP contribution in [0.15, 0.2) is 54.7 Å². The van der Waals surface area contributed by atoms with E-state index in [0.717, 1.165) is 67.2 Å². The average Bonchev–Trinajstić information content (AvgIpc) is 3.56. The van der Waals surface area contributed by atoms with Gasteiger partial charge in [-0.15, -0.1) is 0 Å². The summed E-state index contributed by atoms with van der Waals surface area (Å²) >= 11 is 12.5. The first-order chi connectivity index (χ1) is 22.1. The van der Waals surface area contributed by atoms with Crippen LogP contribution in [0.5, 0.6) is 0 Å². The average molecular weight is 695 g/mol. The molecule has 3 heterocycles. The number of aromatic nitrogens is 1. The number of nitrogens with one attached hydrogen (secondary N) is 1. The molecule has 252 valence electrons. The number of halogens is 5. The molecule has 2 N–H and O–H groups in total. The molecule has 2 fully saturated rings. The first-order valence-electron chi connectivity index (χ1n) is 15.0. The van der Waals surface area contributed by atoms with Crippen LogP contribution < -0.4 is 10.2 Å². The molecule has 2 unspecified atom stereocenters. The molecule has 3 amide bonds. The zero-order valence-electron chi connectivity index (χ0n) is 26.2. The summed E-state index contributed by atoms with van der Waals surface area (Å²) in [6, 6.07) is 14.5. The number of rotatable bonds is 7. The predicted octanol–water partition coefficient (Wildman–Crippen LogP) is 7.08. The Labute approximate surface area is 281 Å². The summed E-state index contributed by atoms with van der Waals surface area (Å²) in [5.41, 5.74) is 4.88. The second kappa shape index (κ2) is 15.4. The number of likely N-dealkylation sites (tertiary alicyclic amines) is 2. The number of urea groups is 1. The van der Waals surface area contributed by atoms with E-state index in [1.807, 2.05) is 62.1 Å². The normalized spacial score (nSPS) is 17.5. The van der Waals surface area contributed by atoms with Gasteiger partial charge in [0.2, 0.25) is 0 Å². The first kappa shape index (κ1) is 36.0. The first-order valence-corrected chi connectivity index (χ1v) is 15.7. The number of pyridine rings is 1. The van der Waals surface area contributed by atoms with Gasteiger partial charge in [0.25, 0.3) is 5.91 Å². The van der Waals surface area contributed by atoms with Crippen LogP contribution >= 0.6 is 23.2 Å². The summed E-state index contributed by atoms with van der Waals surface area (Å²) in [7, 11) is 0. The van der Waals surface area contributed by atoms with E-state index in [1.54, 1.807) is 23.2 Å². The molecule has 14 heteroatoms. The van der Waals surface area contributed by atoms with Crippen molar-refractivity contribution in [3.05, 3.63) is 87.2 Å². The Kier molecular flexibility index (Phi) is 11.8. The van der Waals surface area contributed by atoms with Gasteiger partial charge in [0, 0.05) is 60.3 Å². The van der Waals surface area contributed by atoms with Crippen molar-refractivity contribution in [1.29, 1.82) is 0 Å². The molecule has 47 heavy (non-hydrogen) atoms. The lowest BCUT2D eigenvalue weighted by Gasteiger charge is -2.26. The van der Waals surface area contributed by atoms with Crippen LogP contribution in [0.3, 0.4) is 0 Å². The van der Waals surface area contributed by atoms with Gasteiger partial charge in [-0.25, -0.2) is 9.59 Å². The Bertz CT molecular complexity index is 1590. The van der Waals surface area contributed by atoms with E-state index in [4.69, 9.17) is 33.1 Å². The van der Waals surface area contributed by atoms with Gasteiger partial charge in [0.15, 0.2) is 0 Å². The van der Waals surface area contributed by atoms with Crippen LogP contribution in [-0.2, 0) is 4.79 Å². The zero-order valence-corrected chi connectivity index (χ0v) is 27.7. The molecule has 0 aliphatic carbocycles. The summed E-state index contributed by atoms with van der Waals surface area (Å²) < 4.78 is 31.7. The third kappa shape index (κ3) is 9.36. The number of nitrogens with zero attached hydrogens (tertiary/aromatic N) is 4. The van der Waals surface area contributed by atoms with Crippen molar-refractivity contribution in [3.8, 4) is 0 Å². The second-order valence-electron chi connectivity index (χ2n) is 11.8. The van der Waals surface area contributed by atoms with E-state index in [0.29, 0.717) is 34.1 Å². The van der Waals surface area contributed by atoms with Gasteiger partial charge in [-0.1, -0.05) is 35.3 Å². The molecule has 2 atom stereocenters. The standard InChI is InChI=1S/C31H35Cl2N5O2.C2HF3O2/c1-20-8-9-27(15-28(20)33)38(31(40)35-26-7-4-6-25(32)14-26)13-5-12-36-16-23-18-37(19-24(23)17-36)30(39)29-21(2)10-11-34-22(29)3;3-2(4,5)1(6)7/h4,6-11,14-15,23-24H,5,12-13,16-19H2,1-3H3,(H,35,40);(H,6,7). The Balaban J connectivity index is 0.000000644. The fraction of sp³-hybridized carbons (Fsp3) is 0.394. The molecule has 0 radical (unpaired) electrons. The highest BCUT2D eigenvalue weighted by Crippen LogP contribution is 2.33. The number of hydrogen-bond acceptors (Lipinski definition) is 5. The highest BCUT2D eigenvalue weighted by Gasteiger charge is 2.42. The number of amides is 3. The van der Waals surface area contributed by atoms with Gasteiger partial charge in [-0.2, -0.15) is 13.2 Å². The lowest BCUT2D eigenvalue weighted by molar-refractivity contribution is -0.192. The minimum atomic E-state index is -5.08. The van der Waals surface area contributed by atoms with E-state index >= 15 is 0 Å². The van der Waals surface area contributed by atoms with Crippen LogP contribution in [-0.4, -0.2) is 83.2 Å².